The Morgan fingerprint density at radius 3 is 0.868 bits per heavy atom. The van der Waals surface area contributed by atoms with Crippen molar-refractivity contribution < 1.29 is 18.1 Å². The summed E-state index contributed by atoms with van der Waals surface area (Å²) in [6.45, 7) is 7.68. The van der Waals surface area contributed by atoms with E-state index < -0.39 is 17.1 Å². The Bertz CT molecular complexity index is 1100. The molecular formula is C26H30N6O4P2. The van der Waals surface area contributed by atoms with Crippen molar-refractivity contribution in [3.05, 3.63) is 96.1 Å². The number of rotatable bonds is 11. The highest BCUT2D eigenvalue weighted by molar-refractivity contribution is 7.48. The SMILES string of the molecule is Cc1ccc(OP(Oc2ccc(C)nc2)N(C)N(C)P(Oc2ccc(C)nc2)Oc2ccc(C)nc2)cn1. The molecule has 0 aliphatic rings. The van der Waals surface area contributed by atoms with E-state index in [0.29, 0.717) is 23.0 Å². The molecule has 0 unspecified atom stereocenters. The van der Waals surface area contributed by atoms with Crippen LogP contribution in [0, 0.1) is 27.7 Å². The van der Waals surface area contributed by atoms with E-state index in [1.54, 1.807) is 24.8 Å². The maximum Gasteiger partial charge on any atom is 0.399 e. The number of pyridine rings is 4. The summed E-state index contributed by atoms with van der Waals surface area (Å²) < 4.78 is 28.7. The molecule has 12 heteroatoms. The molecule has 0 spiro atoms. The molecule has 0 aliphatic heterocycles. The zero-order chi connectivity index (χ0) is 27.1. The molecule has 0 saturated heterocycles. The second-order valence-electron chi connectivity index (χ2n) is 8.36. The van der Waals surface area contributed by atoms with Crippen molar-refractivity contribution in [2.24, 2.45) is 0 Å². The first-order valence-corrected chi connectivity index (χ1v) is 14.0. The lowest BCUT2D eigenvalue weighted by Gasteiger charge is -2.35. The molecule has 0 N–H and O–H groups in total. The summed E-state index contributed by atoms with van der Waals surface area (Å²) >= 11 is 0. The zero-order valence-electron chi connectivity index (χ0n) is 22.1. The van der Waals surface area contributed by atoms with Crippen LogP contribution in [-0.2, 0) is 0 Å². The molecule has 0 aliphatic carbocycles. The summed E-state index contributed by atoms with van der Waals surface area (Å²) in [5, 5.41) is 0. The molecule has 0 radical (unpaired) electrons. The average molecular weight is 553 g/mol. The number of hydrogen-bond acceptors (Lipinski definition) is 10. The first kappa shape index (κ1) is 27.6. The highest BCUT2D eigenvalue weighted by atomic mass is 31.2. The molecule has 10 nitrogen and oxygen atoms in total. The lowest BCUT2D eigenvalue weighted by atomic mass is 10.4. The lowest BCUT2D eigenvalue weighted by molar-refractivity contribution is 0.187. The highest BCUT2D eigenvalue weighted by Gasteiger charge is 2.34. The summed E-state index contributed by atoms with van der Waals surface area (Å²) in [6.07, 6.45) is 6.67. The number of hydrazine groups is 1. The van der Waals surface area contributed by atoms with Gasteiger partial charge in [-0.05, 0) is 76.2 Å². The van der Waals surface area contributed by atoms with Gasteiger partial charge in [-0.25, -0.2) is 0 Å². The molecule has 4 heterocycles. The molecule has 4 aromatic heterocycles. The normalized spacial score (nSPS) is 11.3. The fourth-order valence-electron chi connectivity index (χ4n) is 2.88. The third-order valence-electron chi connectivity index (χ3n) is 5.16. The van der Waals surface area contributed by atoms with Crippen LogP contribution in [0.3, 0.4) is 0 Å². The smallest absolute Gasteiger partial charge is 0.399 e. The van der Waals surface area contributed by atoms with E-state index in [4.69, 9.17) is 18.1 Å². The van der Waals surface area contributed by atoms with Crippen LogP contribution in [-0.4, -0.2) is 43.6 Å². The van der Waals surface area contributed by atoms with E-state index in [1.807, 2.05) is 99.9 Å². The van der Waals surface area contributed by atoms with E-state index in [-0.39, 0.29) is 0 Å². The summed E-state index contributed by atoms with van der Waals surface area (Å²) in [6, 6.07) is 15.0. The van der Waals surface area contributed by atoms with Crippen LogP contribution < -0.4 is 18.1 Å². The van der Waals surface area contributed by atoms with Gasteiger partial charge in [-0.15, -0.1) is 9.56 Å². The zero-order valence-corrected chi connectivity index (χ0v) is 23.9. The lowest BCUT2D eigenvalue weighted by Crippen LogP contribution is -2.33. The van der Waals surface area contributed by atoms with E-state index in [2.05, 4.69) is 19.9 Å². The molecule has 38 heavy (non-hydrogen) atoms. The van der Waals surface area contributed by atoms with E-state index in [0.717, 1.165) is 22.8 Å². The van der Waals surface area contributed by atoms with Crippen molar-refractivity contribution in [2.75, 3.05) is 14.1 Å². The van der Waals surface area contributed by atoms with Crippen LogP contribution in [0.1, 0.15) is 22.8 Å². The fourth-order valence-corrected chi connectivity index (χ4v) is 5.39. The Kier molecular flexibility index (Phi) is 9.37. The van der Waals surface area contributed by atoms with Gasteiger partial charge in [-0.2, -0.15) is 0 Å². The van der Waals surface area contributed by atoms with Crippen molar-refractivity contribution in [1.29, 1.82) is 0 Å². The summed E-state index contributed by atoms with van der Waals surface area (Å²) in [5.41, 5.74) is 3.55. The van der Waals surface area contributed by atoms with E-state index in [1.165, 1.54) is 0 Å². The van der Waals surface area contributed by atoms with Gasteiger partial charge in [0.15, 0.2) is 0 Å². The molecule has 0 atom stereocenters. The second-order valence-corrected chi connectivity index (χ2v) is 11.2. The molecule has 4 aromatic rings. The maximum atomic E-state index is 6.28. The Labute approximate surface area is 225 Å². The van der Waals surface area contributed by atoms with Gasteiger partial charge < -0.3 is 18.1 Å². The van der Waals surface area contributed by atoms with Gasteiger partial charge in [0.25, 0.3) is 0 Å². The maximum absolute atomic E-state index is 6.28. The quantitative estimate of drug-likeness (QED) is 0.155. The van der Waals surface area contributed by atoms with Gasteiger partial charge in [0.2, 0.25) is 0 Å². The average Bonchev–Trinajstić information content (AvgIpc) is 2.92. The largest absolute Gasteiger partial charge is 0.425 e. The van der Waals surface area contributed by atoms with Crippen molar-refractivity contribution >= 4 is 17.1 Å². The third-order valence-corrected chi connectivity index (χ3v) is 8.25. The monoisotopic (exact) mass is 552 g/mol. The van der Waals surface area contributed by atoms with E-state index >= 15 is 0 Å². The van der Waals surface area contributed by atoms with E-state index in [9.17, 15) is 0 Å². The molecule has 0 aromatic carbocycles. The summed E-state index contributed by atoms with van der Waals surface area (Å²) in [4.78, 5) is 17.4. The molecule has 4 rings (SSSR count). The molecule has 0 amide bonds. The van der Waals surface area contributed by atoms with Gasteiger partial charge in [-0.1, -0.05) is 0 Å². The van der Waals surface area contributed by atoms with Crippen LogP contribution >= 0.6 is 17.1 Å². The highest BCUT2D eigenvalue weighted by Crippen LogP contribution is 2.51. The molecule has 0 saturated carbocycles. The van der Waals surface area contributed by atoms with Crippen LogP contribution in [0.15, 0.2) is 73.3 Å². The van der Waals surface area contributed by atoms with Gasteiger partial charge in [0.1, 0.15) is 23.0 Å². The van der Waals surface area contributed by atoms with Gasteiger partial charge in [-0.3, -0.25) is 19.9 Å². The van der Waals surface area contributed by atoms with Crippen LogP contribution in [0.4, 0.5) is 0 Å². The fraction of sp³-hybridized carbons (Fsp3) is 0.231. The van der Waals surface area contributed by atoms with Crippen molar-refractivity contribution in [1.82, 2.24) is 29.5 Å². The van der Waals surface area contributed by atoms with Crippen LogP contribution in [0.2, 0.25) is 0 Å². The third kappa shape index (κ3) is 7.79. The van der Waals surface area contributed by atoms with Crippen molar-refractivity contribution in [2.45, 2.75) is 27.7 Å². The van der Waals surface area contributed by atoms with Crippen LogP contribution in [0.25, 0.3) is 0 Å². The van der Waals surface area contributed by atoms with Crippen molar-refractivity contribution in [3.8, 4) is 23.0 Å². The molecule has 0 bridgehead atoms. The minimum absolute atomic E-state index is 0.568. The Hall–Kier alpha value is -3.42. The van der Waals surface area contributed by atoms with Gasteiger partial charge >= 0.3 is 17.1 Å². The summed E-state index contributed by atoms with van der Waals surface area (Å²) in [7, 11) is 0.248. The number of aromatic nitrogens is 4. The summed E-state index contributed by atoms with van der Waals surface area (Å²) in [5.74, 6) is 2.27. The molecular weight excluding hydrogens is 522 g/mol. The number of hydrogen-bond donors (Lipinski definition) is 0. The second kappa shape index (κ2) is 12.9. The minimum Gasteiger partial charge on any atom is -0.425 e. The predicted molar refractivity (Wildman–Crippen MR) is 148 cm³/mol. The first-order chi connectivity index (χ1) is 18.3. The molecule has 198 valence electrons. The number of aryl methyl sites for hydroxylation is 4. The predicted octanol–water partition coefficient (Wildman–Crippen LogP) is 6.35. The minimum atomic E-state index is -1.72. The standard InChI is InChI=1S/C26H30N6O4P2/c1-19-7-11-23(15-27-19)33-37(34-24-12-8-20(2)28-16-24)31(5)32(6)38(35-25-13-9-21(3)29-17-25)36-26-14-10-22(4)30-18-26/h7-18H,1-6H3. The number of nitrogens with zero attached hydrogens (tertiary/aromatic N) is 6. The van der Waals surface area contributed by atoms with Gasteiger partial charge in [0, 0.05) is 36.9 Å². The van der Waals surface area contributed by atoms with Gasteiger partial charge in [0.05, 0.1) is 24.8 Å². The molecule has 0 fully saturated rings. The van der Waals surface area contributed by atoms with Crippen LogP contribution in [0.5, 0.6) is 23.0 Å². The Morgan fingerprint density at radius 2 is 0.684 bits per heavy atom. The Morgan fingerprint density at radius 1 is 0.447 bits per heavy atom. The topological polar surface area (TPSA) is 95.0 Å². The first-order valence-electron chi connectivity index (χ1n) is 11.8. The Balaban J connectivity index is 1.61. The van der Waals surface area contributed by atoms with Crippen molar-refractivity contribution in [3.63, 3.8) is 0 Å².